The second-order valence-electron chi connectivity index (χ2n) is 5.56. The molecule has 1 saturated carbocycles. The van der Waals surface area contributed by atoms with Crippen LogP contribution in [0.25, 0.3) is 0 Å². The summed E-state index contributed by atoms with van der Waals surface area (Å²) in [5.41, 5.74) is -0.700. The van der Waals surface area contributed by atoms with Crippen LogP contribution in [0.15, 0.2) is 12.1 Å². The molecular weight excluding hydrogens is 266 g/mol. The van der Waals surface area contributed by atoms with Crippen molar-refractivity contribution in [3.8, 4) is 0 Å². The Morgan fingerprint density at radius 3 is 2.60 bits per heavy atom. The molecule has 1 fully saturated rings. The summed E-state index contributed by atoms with van der Waals surface area (Å²) in [4.78, 5) is 9.87. The maximum atomic E-state index is 13.7. The van der Waals surface area contributed by atoms with Gasteiger partial charge in [0.05, 0.1) is 10.6 Å². The fraction of sp³-hybridized carbons (Fsp3) is 0.571. The van der Waals surface area contributed by atoms with Crippen molar-refractivity contribution >= 4 is 11.4 Å². The molecule has 0 amide bonds. The molecule has 6 heteroatoms. The summed E-state index contributed by atoms with van der Waals surface area (Å²) in [5.74, 6) is -1.09. The van der Waals surface area contributed by atoms with Crippen LogP contribution in [0.2, 0.25) is 0 Å². The van der Waals surface area contributed by atoms with E-state index in [2.05, 4.69) is 19.2 Å². The standard InChI is InChI=1S/C14H18F2N2O2/c1-8-4-3-5-12(9(8)2)17-13-7-14(18(19)20)11(16)6-10(13)15/h6-9,12,17H,3-5H2,1-2H3. The van der Waals surface area contributed by atoms with Crippen molar-refractivity contribution in [3.05, 3.63) is 33.9 Å². The van der Waals surface area contributed by atoms with Crippen LogP contribution in [0, 0.1) is 33.6 Å². The lowest BCUT2D eigenvalue weighted by Crippen LogP contribution is -2.35. The van der Waals surface area contributed by atoms with Crippen molar-refractivity contribution in [2.24, 2.45) is 11.8 Å². The lowest BCUT2D eigenvalue weighted by Gasteiger charge is -2.35. The molecule has 1 N–H and O–H groups in total. The Morgan fingerprint density at radius 2 is 1.95 bits per heavy atom. The van der Waals surface area contributed by atoms with E-state index >= 15 is 0 Å². The minimum Gasteiger partial charge on any atom is -0.379 e. The summed E-state index contributed by atoms with van der Waals surface area (Å²) in [6.45, 7) is 4.22. The summed E-state index contributed by atoms with van der Waals surface area (Å²) in [6.07, 6.45) is 3.05. The third kappa shape index (κ3) is 2.89. The van der Waals surface area contributed by atoms with E-state index in [0.717, 1.165) is 25.3 Å². The second kappa shape index (κ2) is 5.73. The lowest BCUT2D eigenvalue weighted by molar-refractivity contribution is -0.387. The first kappa shape index (κ1) is 14.7. The Hall–Kier alpha value is -1.72. The molecule has 1 aliphatic carbocycles. The predicted octanol–water partition coefficient (Wildman–Crippen LogP) is 4.11. The first-order valence-electron chi connectivity index (χ1n) is 6.80. The van der Waals surface area contributed by atoms with Crippen molar-refractivity contribution in [3.63, 3.8) is 0 Å². The number of nitrogens with one attached hydrogen (secondary N) is 1. The Balaban J connectivity index is 2.24. The number of nitrogens with zero attached hydrogens (tertiary/aromatic N) is 1. The molecule has 0 aromatic heterocycles. The molecule has 1 aromatic carbocycles. The molecule has 4 nitrogen and oxygen atoms in total. The van der Waals surface area contributed by atoms with Crippen LogP contribution in [0.1, 0.15) is 33.1 Å². The first-order valence-corrected chi connectivity index (χ1v) is 6.80. The van der Waals surface area contributed by atoms with E-state index in [-0.39, 0.29) is 11.7 Å². The minimum absolute atomic E-state index is 0.00375. The predicted molar refractivity (Wildman–Crippen MR) is 72.6 cm³/mol. The Kier molecular flexibility index (Phi) is 4.20. The van der Waals surface area contributed by atoms with Crippen LogP contribution in [0.3, 0.4) is 0 Å². The number of benzene rings is 1. The maximum absolute atomic E-state index is 13.7. The fourth-order valence-electron chi connectivity index (χ4n) is 2.77. The van der Waals surface area contributed by atoms with Crippen molar-refractivity contribution in [1.82, 2.24) is 0 Å². The van der Waals surface area contributed by atoms with E-state index in [4.69, 9.17) is 0 Å². The third-order valence-corrected chi connectivity index (χ3v) is 4.28. The van der Waals surface area contributed by atoms with E-state index in [1.54, 1.807) is 0 Å². The molecule has 0 saturated heterocycles. The van der Waals surface area contributed by atoms with Gasteiger partial charge in [0.2, 0.25) is 5.82 Å². The normalized spacial score (nSPS) is 26.3. The van der Waals surface area contributed by atoms with Crippen molar-refractivity contribution < 1.29 is 13.7 Å². The molecular formula is C14H18F2N2O2. The van der Waals surface area contributed by atoms with Crippen LogP contribution >= 0.6 is 0 Å². The first-order chi connectivity index (χ1) is 9.40. The van der Waals surface area contributed by atoms with Crippen molar-refractivity contribution in [2.75, 3.05) is 5.32 Å². The summed E-state index contributed by atoms with van der Waals surface area (Å²) >= 11 is 0. The van der Waals surface area contributed by atoms with Gasteiger partial charge < -0.3 is 5.32 Å². The highest BCUT2D eigenvalue weighted by molar-refractivity contribution is 5.53. The van der Waals surface area contributed by atoms with E-state index in [1.165, 1.54) is 0 Å². The summed E-state index contributed by atoms with van der Waals surface area (Å²) in [6, 6.07) is 1.56. The highest BCUT2D eigenvalue weighted by Gasteiger charge is 2.28. The Labute approximate surface area is 116 Å². The van der Waals surface area contributed by atoms with Gasteiger partial charge in [-0.1, -0.05) is 26.7 Å². The molecule has 1 aliphatic rings. The quantitative estimate of drug-likeness (QED) is 0.671. The van der Waals surface area contributed by atoms with Crippen molar-refractivity contribution in [1.29, 1.82) is 0 Å². The fourth-order valence-corrected chi connectivity index (χ4v) is 2.77. The number of nitro groups is 1. The van der Waals surface area contributed by atoms with Gasteiger partial charge in [0.1, 0.15) is 5.82 Å². The van der Waals surface area contributed by atoms with Crippen LogP contribution in [0.5, 0.6) is 0 Å². The molecule has 0 radical (unpaired) electrons. The Bertz CT molecular complexity index is 522. The molecule has 3 atom stereocenters. The Morgan fingerprint density at radius 1 is 1.25 bits per heavy atom. The van der Waals surface area contributed by atoms with Gasteiger partial charge in [0, 0.05) is 18.2 Å². The van der Waals surface area contributed by atoms with E-state index in [9.17, 15) is 18.9 Å². The highest BCUT2D eigenvalue weighted by Crippen LogP contribution is 2.33. The lowest BCUT2D eigenvalue weighted by atomic mass is 9.78. The average molecular weight is 284 g/mol. The highest BCUT2D eigenvalue weighted by atomic mass is 19.1. The van der Waals surface area contributed by atoms with E-state index in [1.807, 2.05) is 0 Å². The van der Waals surface area contributed by atoms with Gasteiger partial charge in [0.15, 0.2) is 0 Å². The molecule has 0 bridgehead atoms. The molecule has 2 rings (SSSR count). The smallest absolute Gasteiger partial charge is 0.307 e. The van der Waals surface area contributed by atoms with Crippen molar-refractivity contribution in [2.45, 2.75) is 39.2 Å². The largest absolute Gasteiger partial charge is 0.379 e. The van der Waals surface area contributed by atoms with Crippen LogP contribution in [-0.4, -0.2) is 11.0 Å². The molecule has 0 aliphatic heterocycles. The number of anilines is 1. The number of hydrogen-bond acceptors (Lipinski definition) is 3. The number of rotatable bonds is 3. The number of nitro benzene ring substituents is 1. The van der Waals surface area contributed by atoms with Gasteiger partial charge in [-0.2, -0.15) is 4.39 Å². The summed E-state index contributed by atoms with van der Waals surface area (Å²) in [7, 11) is 0. The topological polar surface area (TPSA) is 55.2 Å². The monoisotopic (exact) mass is 284 g/mol. The van der Waals surface area contributed by atoms with Crippen LogP contribution in [0.4, 0.5) is 20.2 Å². The molecule has 20 heavy (non-hydrogen) atoms. The van der Waals surface area contributed by atoms with Gasteiger partial charge in [-0.25, -0.2) is 4.39 Å². The third-order valence-electron chi connectivity index (χ3n) is 4.28. The van der Waals surface area contributed by atoms with Gasteiger partial charge in [-0.15, -0.1) is 0 Å². The summed E-state index contributed by atoms with van der Waals surface area (Å²) in [5, 5.41) is 13.7. The molecule has 3 unspecified atom stereocenters. The number of halogens is 2. The van der Waals surface area contributed by atoms with Crippen LogP contribution in [-0.2, 0) is 0 Å². The zero-order chi connectivity index (χ0) is 14.9. The molecule has 110 valence electrons. The number of hydrogen-bond donors (Lipinski definition) is 1. The van der Waals surface area contributed by atoms with Gasteiger partial charge >= 0.3 is 5.69 Å². The minimum atomic E-state index is -1.15. The average Bonchev–Trinajstić information content (AvgIpc) is 2.37. The van der Waals surface area contributed by atoms with Gasteiger partial charge in [-0.05, 0) is 18.3 Å². The van der Waals surface area contributed by atoms with Crippen LogP contribution < -0.4 is 5.32 Å². The second-order valence-corrected chi connectivity index (χ2v) is 5.56. The van der Waals surface area contributed by atoms with E-state index in [0.29, 0.717) is 17.9 Å². The van der Waals surface area contributed by atoms with E-state index < -0.39 is 22.2 Å². The SMILES string of the molecule is CC1CCCC(Nc2cc([N+](=O)[O-])c(F)cc2F)C1C. The zero-order valence-corrected chi connectivity index (χ0v) is 11.5. The van der Waals surface area contributed by atoms with Gasteiger partial charge in [0.25, 0.3) is 0 Å². The van der Waals surface area contributed by atoms with Gasteiger partial charge in [-0.3, -0.25) is 10.1 Å². The maximum Gasteiger partial charge on any atom is 0.307 e. The molecule has 1 aromatic rings. The molecule has 0 heterocycles. The summed E-state index contributed by atoms with van der Waals surface area (Å²) < 4.78 is 27.0. The zero-order valence-electron chi connectivity index (χ0n) is 11.5. The molecule has 0 spiro atoms.